The molecule has 7 nitrogen and oxygen atoms in total. The number of aromatic nitrogens is 2. The molecule has 8 heteroatoms. The van der Waals surface area contributed by atoms with Crippen LogP contribution in [0.1, 0.15) is 11.1 Å². The number of benzene rings is 3. The van der Waals surface area contributed by atoms with E-state index in [1.807, 2.05) is 48.1 Å². The van der Waals surface area contributed by atoms with Gasteiger partial charge in [-0.1, -0.05) is 0 Å². The third kappa shape index (κ3) is 3.71. The van der Waals surface area contributed by atoms with Gasteiger partial charge in [0.25, 0.3) is 5.91 Å². The quantitative estimate of drug-likeness (QED) is 0.394. The molecule has 2 aliphatic heterocycles. The maximum Gasteiger partial charge on any atom is 0.258 e. The predicted octanol–water partition coefficient (Wildman–Crippen LogP) is 5.40. The van der Waals surface area contributed by atoms with Gasteiger partial charge in [-0.3, -0.25) is 4.79 Å². The fourth-order valence-electron chi connectivity index (χ4n) is 4.22. The molecule has 0 spiro atoms. The first-order valence-electron chi connectivity index (χ1n) is 10.9. The fourth-order valence-corrected chi connectivity index (χ4v) is 4.22. The topological polar surface area (TPSA) is 77.4 Å². The van der Waals surface area contributed by atoms with Crippen LogP contribution in [0.5, 0.6) is 11.5 Å². The molecule has 2 N–H and O–H groups in total. The summed E-state index contributed by atoms with van der Waals surface area (Å²) in [6.07, 6.45) is 6.54. The lowest BCUT2D eigenvalue weighted by Gasteiger charge is -2.18. The van der Waals surface area contributed by atoms with E-state index in [0.717, 1.165) is 17.1 Å². The summed E-state index contributed by atoms with van der Waals surface area (Å²) in [4.78, 5) is 17.5. The molecule has 172 valence electrons. The average molecular weight is 466 g/mol. The van der Waals surface area contributed by atoms with Crippen LogP contribution in [0.4, 0.5) is 15.8 Å². The standard InChI is InChI=1S/C27H19FN4O3/c1-32-11-10-29-26(32)16-2-6-19(7-3-16)30-25(17-4-9-22-23(14-17)35-13-12-34-22)24-20-8-5-18(28)15-21(20)31-27(24)33/h2-15,30H,1H3,(H,31,33)/b25-24-. The molecular weight excluding hydrogens is 447 g/mol. The molecule has 1 amide bonds. The lowest BCUT2D eigenvalue weighted by Crippen LogP contribution is -2.10. The summed E-state index contributed by atoms with van der Waals surface area (Å²) in [5, 5.41) is 6.17. The van der Waals surface area contributed by atoms with Gasteiger partial charge in [-0.05, 0) is 60.7 Å². The number of carbonyl (C=O) groups excluding carboxylic acids is 1. The van der Waals surface area contributed by atoms with Crippen LogP contribution in [-0.4, -0.2) is 15.5 Å². The van der Waals surface area contributed by atoms with Crippen molar-refractivity contribution in [1.82, 2.24) is 9.55 Å². The Bertz CT molecular complexity index is 1540. The van der Waals surface area contributed by atoms with Gasteiger partial charge in [-0.25, -0.2) is 9.37 Å². The van der Waals surface area contributed by atoms with Gasteiger partial charge in [0.05, 0.1) is 17.0 Å². The average Bonchev–Trinajstić information content (AvgIpc) is 3.44. The molecule has 0 unspecified atom stereocenters. The number of aryl methyl sites for hydroxylation is 1. The summed E-state index contributed by atoms with van der Waals surface area (Å²) >= 11 is 0. The van der Waals surface area contributed by atoms with E-state index in [4.69, 9.17) is 9.47 Å². The number of rotatable bonds is 4. The Labute approximate surface area is 200 Å². The Morgan fingerprint density at radius 1 is 1.00 bits per heavy atom. The highest BCUT2D eigenvalue weighted by atomic mass is 19.1. The van der Waals surface area contributed by atoms with Gasteiger partial charge in [0.15, 0.2) is 11.5 Å². The number of halogens is 1. The van der Waals surface area contributed by atoms with Crippen LogP contribution in [0.25, 0.3) is 22.7 Å². The summed E-state index contributed by atoms with van der Waals surface area (Å²) in [5.74, 6) is 1.19. The lowest BCUT2D eigenvalue weighted by atomic mass is 9.99. The van der Waals surface area contributed by atoms with Gasteiger partial charge in [0.1, 0.15) is 24.2 Å². The number of ether oxygens (including phenoxy) is 2. The van der Waals surface area contributed by atoms with Crippen molar-refractivity contribution >= 4 is 28.6 Å². The van der Waals surface area contributed by atoms with Crippen molar-refractivity contribution in [3.63, 3.8) is 0 Å². The molecule has 0 saturated heterocycles. The van der Waals surface area contributed by atoms with Crippen LogP contribution >= 0.6 is 0 Å². The zero-order chi connectivity index (χ0) is 23.9. The molecule has 0 saturated carbocycles. The Morgan fingerprint density at radius 2 is 1.80 bits per heavy atom. The maximum atomic E-state index is 13.8. The van der Waals surface area contributed by atoms with E-state index in [2.05, 4.69) is 15.6 Å². The first-order chi connectivity index (χ1) is 17.1. The van der Waals surface area contributed by atoms with Crippen LogP contribution in [-0.2, 0) is 11.8 Å². The van der Waals surface area contributed by atoms with Gasteiger partial charge in [0.2, 0.25) is 0 Å². The third-order valence-electron chi connectivity index (χ3n) is 5.89. The van der Waals surface area contributed by atoms with Crippen molar-refractivity contribution in [3.8, 4) is 22.9 Å². The molecule has 4 aromatic rings. The highest BCUT2D eigenvalue weighted by Gasteiger charge is 2.29. The molecule has 2 aliphatic rings. The number of hydrogen-bond donors (Lipinski definition) is 2. The normalized spacial score (nSPS) is 15.0. The van der Waals surface area contributed by atoms with Crippen molar-refractivity contribution in [2.45, 2.75) is 0 Å². The summed E-state index contributed by atoms with van der Waals surface area (Å²) < 4.78 is 26.8. The number of imidazole rings is 1. The molecule has 1 aromatic heterocycles. The van der Waals surface area contributed by atoms with E-state index in [9.17, 15) is 9.18 Å². The van der Waals surface area contributed by atoms with E-state index in [1.165, 1.54) is 24.7 Å². The highest BCUT2D eigenvalue weighted by molar-refractivity contribution is 6.37. The fraction of sp³-hybridized carbons (Fsp3) is 0.0370. The molecule has 3 aromatic carbocycles. The number of amides is 1. The van der Waals surface area contributed by atoms with Crippen LogP contribution in [0.15, 0.2) is 85.6 Å². The molecule has 3 heterocycles. The monoisotopic (exact) mass is 466 g/mol. The van der Waals surface area contributed by atoms with E-state index < -0.39 is 5.82 Å². The zero-order valence-corrected chi connectivity index (χ0v) is 18.6. The van der Waals surface area contributed by atoms with Gasteiger partial charge in [0, 0.05) is 41.8 Å². The SMILES string of the molecule is Cn1ccnc1-c1ccc(N/C(=C2\C(=O)Nc3cc(F)ccc32)c2ccc3c(c2)OC=CO3)cc1. The maximum absolute atomic E-state index is 13.8. The molecule has 6 rings (SSSR count). The van der Waals surface area contributed by atoms with Crippen molar-refractivity contribution in [3.05, 3.63) is 103 Å². The van der Waals surface area contributed by atoms with Crippen LogP contribution in [0.3, 0.4) is 0 Å². The van der Waals surface area contributed by atoms with Gasteiger partial charge < -0.3 is 24.7 Å². The van der Waals surface area contributed by atoms with Crippen molar-refractivity contribution in [1.29, 1.82) is 0 Å². The second kappa shape index (κ2) is 8.18. The number of carbonyl (C=O) groups is 1. The van der Waals surface area contributed by atoms with Gasteiger partial charge >= 0.3 is 0 Å². The minimum absolute atomic E-state index is 0.326. The number of fused-ring (bicyclic) bond motifs is 2. The van der Waals surface area contributed by atoms with E-state index >= 15 is 0 Å². The Hall–Kier alpha value is -4.85. The van der Waals surface area contributed by atoms with Crippen LogP contribution < -0.4 is 20.1 Å². The summed E-state index contributed by atoms with van der Waals surface area (Å²) in [7, 11) is 1.94. The molecule has 0 bridgehead atoms. The Morgan fingerprint density at radius 3 is 2.57 bits per heavy atom. The van der Waals surface area contributed by atoms with Crippen molar-refractivity contribution in [2.75, 3.05) is 10.6 Å². The first-order valence-corrected chi connectivity index (χ1v) is 10.9. The van der Waals surface area contributed by atoms with E-state index in [-0.39, 0.29) is 5.91 Å². The minimum atomic E-state index is -0.421. The van der Waals surface area contributed by atoms with Gasteiger partial charge in [-0.2, -0.15) is 0 Å². The summed E-state index contributed by atoms with van der Waals surface area (Å²) in [6.45, 7) is 0. The van der Waals surface area contributed by atoms with E-state index in [0.29, 0.717) is 39.6 Å². The lowest BCUT2D eigenvalue weighted by molar-refractivity contribution is -0.110. The number of nitrogens with zero attached hydrogens (tertiary/aromatic N) is 2. The second-order valence-corrected chi connectivity index (χ2v) is 8.13. The molecule has 0 atom stereocenters. The third-order valence-corrected chi connectivity index (χ3v) is 5.89. The summed E-state index contributed by atoms with van der Waals surface area (Å²) in [6, 6.07) is 17.4. The smallest absolute Gasteiger partial charge is 0.258 e. The highest BCUT2D eigenvalue weighted by Crippen LogP contribution is 2.40. The molecule has 0 radical (unpaired) electrons. The van der Waals surface area contributed by atoms with Gasteiger partial charge in [-0.15, -0.1) is 0 Å². The van der Waals surface area contributed by atoms with Crippen LogP contribution in [0.2, 0.25) is 0 Å². The minimum Gasteiger partial charge on any atom is -0.458 e. The molecule has 0 fully saturated rings. The van der Waals surface area contributed by atoms with Crippen molar-refractivity contribution in [2.24, 2.45) is 7.05 Å². The zero-order valence-electron chi connectivity index (χ0n) is 18.6. The first kappa shape index (κ1) is 20.7. The molecule has 35 heavy (non-hydrogen) atoms. The Kier molecular flexibility index (Phi) is 4.84. The largest absolute Gasteiger partial charge is 0.458 e. The molecular formula is C27H19FN4O3. The van der Waals surface area contributed by atoms with E-state index in [1.54, 1.807) is 24.4 Å². The second-order valence-electron chi connectivity index (χ2n) is 8.13. The summed E-state index contributed by atoms with van der Waals surface area (Å²) in [5.41, 5.74) is 4.43. The van der Waals surface area contributed by atoms with Crippen LogP contribution in [0, 0.1) is 5.82 Å². The number of hydrogen-bond acceptors (Lipinski definition) is 5. The predicted molar refractivity (Wildman–Crippen MR) is 131 cm³/mol. The Balaban J connectivity index is 1.46. The number of anilines is 2. The molecule has 0 aliphatic carbocycles. The number of nitrogens with one attached hydrogen (secondary N) is 2. The van der Waals surface area contributed by atoms with Crippen molar-refractivity contribution < 1.29 is 18.7 Å².